The van der Waals surface area contributed by atoms with Gasteiger partial charge in [0.1, 0.15) is 18.2 Å². The molecule has 20 heavy (non-hydrogen) atoms. The third kappa shape index (κ3) is 3.36. The number of aromatic carboxylic acids is 1. The average molecular weight is 339 g/mol. The van der Waals surface area contributed by atoms with E-state index >= 15 is 0 Å². The van der Waals surface area contributed by atoms with Crippen LogP contribution in [-0.2, 0) is 6.61 Å². The van der Waals surface area contributed by atoms with Crippen LogP contribution in [0.1, 0.15) is 21.5 Å². The minimum absolute atomic E-state index is 0.0897. The van der Waals surface area contributed by atoms with Crippen LogP contribution >= 0.6 is 15.9 Å². The van der Waals surface area contributed by atoms with E-state index in [0.29, 0.717) is 21.3 Å². The fraction of sp³-hybridized carbons (Fsp3) is 0.133. The number of carbonyl (C=O) groups is 1. The van der Waals surface area contributed by atoms with E-state index < -0.39 is 5.97 Å². The molecule has 0 amide bonds. The van der Waals surface area contributed by atoms with Crippen LogP contribution < -0.4 is 4.74 Å². The van der Waals surface area contributed by atoms with Crippen molar-refractivity contribution >= 4 is 21.9 Å². The molecule has 2 rings (SSSR count). The van der Waals surface area contributed by atoms with Crippen LogP contribution in [0.2, 0.25) is 0 Å². The lowest BCUT2D eigenvalue weighted by Gasteiger charge is -2.10. The number of carboxylic acids is 1. The van der Waals surface area contributed by atoms with E-state index in [1.54, 1.807) is 25.1 Å². The normalized spacial score (nSPS) is 10.3. The van der Waals surface area contributed by atoms with Crippen molar-refractivity contribution in [2.75, 3.05) is 0 Å². The van der Waals surface area contributed by atoms with Crippen molar-refractivity contribution in [1.29, 1.82) is 0 Å². The van der Waals surface area contributed by atoms with Crippen LogP contribution in [0.5, 0.6) is 5.75 Å². The molecule has 104 valence electrons. The lowest BCUT2D eigenvalue weighted by molar-refractivity contribution is 0.0696. The number of hydrogen-bond donors (Lipinski definition) is 1. The average Bonchev–Trinajstić information content (AvgIpc) is 2.38. The van der Waals surface area contributed by atoms with Gasteiger partial charge in [-0.2, -0.15) is 0 Å². The summed E-state index contributed by atoms with van der Waals surface area (Å²) in [5.74, 6) is -0.796. The summed E-state index contributed by atoms with van der Waals surface area (Å²) in [6.45, 7) is 1.84. The first-order valence-corrected chi connectivity index (χ1v) is 6.67. The van der Waals surface area contributed by atoms with Gasteiger partial charge in [-0.25, -0.2) is 9.18 Å². The summed E-state index contributed by atoms with van der Waals surface area (Å²) in [4.78, 5) is 10.8. The van der Waals surface area contributed by atoms with Crippen molar-refractivity contribution in [2.45, 2.75) is 13.5 Å². The van der Waals surface area contributed by atoms with Gasteiger partial charge in [0.2, 0.25) is 0 Å². The first-order valence-electron chi connectivity index (χ1n) is 5.88. The van der Waals surface area contributed by atoms with Crippen molar-refractivity contribution < 1.29 is 19.0 Å². The van der Waals surface area contributed by atoms with Crippen LogP contribution in [0.15, 0.2) is 40.9 Å². The Balaban J connectivity index is 2.13. The summed E-state index contributed by atoms with van der Waals surface area (Å²) in [5.41, 5.74) is 1.34. The second kappa shape index (κ2) is 6.05. The Morgan fingerprint density at radius 2 is 2.05 bits per heavy atom. The molecule has 0 heterocycles. The second-order valence-electron chi connectivity index (χ2n) is 4.31. The number of ether oxygens (including phenoxy) is 1. The van der Waals surface area contributed by atoms with Gasteiger partial charge in [0.05, 0.1) is 5.56 Å². The van der Waals surface area contributed by atoms with Crippen LogP contribution in [0.25, 0.3) is 0 Å². The second-order valence-corrected chi connectivity index (χ2v) is 5.23. The highest BCUT2D eigenvalue weighted by Crippen LogP contribution is 2.22. The molecule has 3 nitrogen and oxygen atoms in total. The lowest BCUT2D eigenvalue weighted by Crippen LogP contribution is -2.01. The molecule has 0 atom stereocenters. The maximum Gasteiger partial charge on any atom is 0.335 e. The van der Waals surface area contributed by atoms with Crippen molar-refractivity contribution in [3.05, 3.63) is 63.4 Å². The number of hydrogen-bond acceptors (Lipinski definition) is 2. The molecular weight excluding hydrogens is 327 g/mol. The Bertz CT molecular complexity index is 656. The zero-order chi connectivity index (χ0) is 14.7. The lowest BCUT2D eigenvalue weighted by atomic mass is 10.1. The highest BCUT2D eigenvalue weighted by Gasteiger charge is 2.08. The summed E-state index contributed by atoms with van der Waals surface area (Å²) in [7, 11) is 0. The van der Waals surface area contributed by atoms with E-state index in [-0.39, 0.29) is 18.0 Å². The SMILES string of the molecule is Cc1cc(C(=O)O)ccc1OCc1ccc(Br)cc1F. The van der Waals surface area contributed by atoms with E-state index in [1.165, 1.54) is 18.2 Å². The molecule has 2 aromatic rings. The largest absolute Gasteiger partial charge is 0.489 e. The van der Waals surface area contributed by atoms with Gasteiger partial charge < -0.3 is 9.84 Å². The van der Waals surface area contributed by atoms with E-state index in [9.17, 15) is 9.18 Å². The van der Waals surface area contributed by atoms with Gasteiger partial charge in [-0.05, 0) is 42.8 Å². The summed E-state index contributed by atoms with van der Waals surface area (Å²) in [6, 6.07) is 9.31. The molecule has 0 fully saturated rings. The molecular formula is C15H12BrFO3. The Morgan fingerprint density at radius 1 is 1.30 bits per heavy atom. The highest BCUT2D eigenvalue weighted by molar-refractivity contribution is 9.10. The predicted octanol–water partition coefficient (Wildman–Crippen LogP) is 4.17. The van der Waals surface area contributed by atoms with Crippen molar-refractivity contribution in [2.24, 2.45) is 0 Å². The monoisotopic (exact) mass is 338 g/mol. The number of rotatable bonds is 4. The molecule has 0 aliphatic carbocycles. The Morgan fingerprint density at radius 3 is 2.65 bits per heavy atom. The predicted molar refractivity (Wildman–Crippen MR) is 76.6 cm³/mol. The van der Waals surface area contributed by atoms with E-state index in [0.717, 1.165) is 0 Å². The van der Waals surface area contributed by atoms with Crippen LogP contribution in [0, 0.1) is 12.7 Å². The number of benzene rings is 2. The van der Waals surface area contributed by atoms with Gasteiger partial charge in [0.15, 0.2) is 0 Å². The van der Waals surface area contributed by atoms with E-state index in [1.807, 2.05) is 0 Å². The van der Waals surface area contributed by atoms with Crippen LogP contribution in [0.3, 0.4) is 0 Å². The van der Waals surface area contributed by atoms with Crippen molar-refractivity contribution in [1.82, 2.24) is 0 Å². The first-order chi connectivity index (χ1) is 9.47. The van der Waals surface area contributed by atoms with Crippen molar-refractivity contribution in [3.8, 4) is 5.75 Å². The number of halogens is 2. The summed E-state index contributed by atoms with van der Waals surface area (Å²) < 4.78 is 19.8. The molecule has 0 aromatic heterocycles. The van der Waals surface area contributed by atoms with E-state index in [2.05, 4.69) is 15.9 Å². The Labute approximate surface area is 124 Å². The van der Waals surface area contributed by atoms with Crippen molar-refractivity contribution in [3.63, 3.8) is 0 Å². The van der Waals surface area contributed by atoms with Gasteiger partial charge in [-0.1, -0.05) is 22.0 Å². The Kier molecular flexibility index (Phi) is 4.39. The highest BCUT2D eigenvalue weighted by atomic mass is 79.9. The topological polar surface area (TPSA) is 46.5 Å². The zero-order valence-electron chi connectivity index (χ0n) is 10.7. The standard InChI is InChI=1S/C15H12BrFO3/c1-9-6-10(15(18)19)3-5-14(9)20-8-11-2-4-12(16)7-13(11)17/h2-7H,8H2,1H3,(H,18,19). The molecule has 0 spiro atoms. The fourth-order valence-corrected chi connectivity index (χ4v) is 2.07. The number of aryl methyl sites for hydroxylation is 1. The maximum absolute atomic E-state index is 13.6. The molecule has 0 aliphatic rings. The van der Waals surface area contributed by atoms with E-state index in [4.69, 9.17) is 9.84 Å². The minimum Gasteiger partial charge on any atom is -0.489 e. The van der Waals surface area contributed by atoms with Gasteiger partial charge in [0, 0.05) is 10.0 Å². The van der Waals surface area contributed by atoms with Gasteiger partial charge in [-0.15, -0.1) is 0 Å². The zero-order valence-corrected chi connectivity index (χ0v) is 12.3. The molecule has 0 radical (unpaired) electrons. The van der Waals surface area contributed by atoms with Crippen LogP contribution in [-0.4, -0.2) is 11.1 Å². The maximum atomic E-state index is 13.6. The first kappa shape index (κ1) is 14.5. The third-order valence-electron chi connectivity index (χ3n) is 2.82. The minimum atomic E-state index is -0.987. The molecule has 0 saturated carbocycles. The smallest absolute Gasteiger partial charge is 0.335 e. The molecule has 2 aromatic carbocycles. The van der Waals surface area contributed by atoms with Gasteiger partial charge >= 0.3 is 5.97 Å². The summed E-state index contributed by atoms with van der Waals surface area (Å²) in [6.07, 6.45) is 0. The quantitative estimate of drug-likeness (QED) is 0.909. The Hall–Kier alpha value is -1.88. The number of carboxylic acid groups (broad SMARTS) is 1. The van der Waals surface area contributed by atoms with Gasteiger partial charge in [0.25, 0.3) is 0 Å². The molecule has 0 aliphatic heterocycles. The third-order valence-corrected chi connectivity index (χ3v) is 3.31. The summed E-state index contributed by atoms with van der Waals surface area (Å²) in [5, 5.41) is 8.88. The van der Waals surface area contributed by atoms with Gasteiger partial charge in [-0.3, -0.25) is 0 Å². The molecule has 0 bridgehead atoms. The van der Waals surface area contributed by atoms with Crippen LogP contribution in [0.4, 0.5) is 4.39 Å². The molecule has 1 N–H and O–H groups in total. The molecule has 0 unspecified atom stereocenters. The summed E-state index contributed by atoms with van der Waals surface area (Å²) >= 11 is 3.19. The fourth-order valence-electron chi connectivity index (χ4n) is 1.74. The molecule has 5 heteroatoms. The molecule has 0 saturated heterocycles.